The van der Waals surface area contributed by atoms with Crippen molar-refractivity contribution < 1.29 is 13.6 Å². The van der Waals surface area contributed by atoms with Gasteiger partial charge in [0.05, 0.1) is 32.2 Å². The predicted octanol–water partition coefficient (Wildman–Crippen LogP) is 4.16. The third kappa shape index (κ3) is 4.94. The van der Waals surface area contributed by atoms with E-state index in [1.807, 2.05) is 48.5 Å². The zero-order valence-corrected chi connectivity index (χ0v) is 20.4. The van der Waals surface area contributed by atoms with Crippen molar-refractivity contribution >= 4 is 10.9 Å². The summed E-state index contributed by atoms with van der Waals surface area (Å²) in [5, 5.41) is 13.5. The van der Waals surface area contributed by atoms with E-state index in [0.29, 0.717) is 31.0 Å². The van der Waals surface area contributed by atoms with Crippen LogP contribution in [0.5, 0.6) is 5.75 Å². The van der Waals surface area contributed by atoms with Gasteiger partial charge >= 0.3 is 0 Å². The van der Waals surface area contributed by atoms with E-state index < -0.39 is 0 Å². The predicted molar refractivity (Wildman–Crippen MR) is 132 cm³/mol. The number of nitrogens with one attached hydrogen (secondary N) is 1. The zero-order valence-electron chi connectivity index (χ0n) is 20.4. The number of fused-ring (bicyclic) bond motifs is 1. The number of rotatable bonds is 10. The van der Waals surface area contributed by atoms with Crippen molar-refractivity contribution in [2.24, 2.45) is 5.92 Å². The van der Waals surface area contributed by atoms with Crippen LogP contribution in [0, 0.1) is 5.92 Å². The third-order valence-corrected chi connectivity index (χ3v) is 6.18. The molecule has 10 heteroatoms. The number of tetrazole rings is 1. The van der Waals surface area contributed by atoms with Gasteiger partial charge in [0, 0.05) is 23.0 Å². The minimum absolute atomic E-state index is 0.126. The number of pyridine rings is 1. The molecule has 1 N–H and O–H groups in total. The highest BCUT2D eigenvalue weighted by molar-refractivity contribution is 5.80. The molecule has 0 aliphatic carbocycles. The molecule has 0 saturated heterocycles. The Morgan fingerprint density at radius 2 is 1.83 bits per heavy atom. The molecule has 10 nitrogen and oxygen atoms in total. The van der Waals surface area contributed by atoms with Crippen molar-refractivity contribution in [3.8, 4) is 5.75 Å². The SMILES string of the molecule is COc1ccc2[nH]c(=O)c(CN(Cc3ccco3)C(c3nnnn3Cc3ccco3)C(C)C)cc2c1. The summed E-state index contributed by atoms with van der Waals surface area (Å²) in [6.45, 7) is 5.46. The fourth-order valence-electron chi connectivity index (χ4n) is 4.52. The second-order valence-corrected chi connectivity index (χ2v) is 9.02. The van der Waals surface area contributed by atoms with Crippen LogP contribution in [0.1, 0.15) is 42.8 Å². The Labute approximate surface area is 207 Å². The van der Waals surface area contributed by atoms with Crippen molar-refractivity contribution in [1.82, 2.24) is 30.1 Å². The number of hydrogen-bond acceptors (Lipinski definition) is 8. The minimum atomic E-state index is -0.208. The Bertz CT molecular complexity index is 1470. The van der Waals surface area contributed by atoms with E-state index in [2.05, 4.69) is 39.3 Å². The molecule has 1 aromatic carbocycles. The fourth-order valence-corrected chi connectivity index (χ4v) is 4.52. The molecule has 36 heavy (non-hydrogen) atoms. The smallest absolute Gasteiger partial charge is 0.252 e. The molecule has 0 amide bonds. The molecule has 0 bridgehead atoms. The lowest BCUT2D eigenvalue weighted by Gasteiger charge is -2.32. The number of benzene rings is 1. The van der Waals surface area contributed by atoms with E-state index in [4.69, 9.17) is 13.6 Å². The van der Waals surface area contributed by atoms with Crippen LogP contribution in [0.15, 0.2) is 74.7 Å². The first-order chi connectivity index (χ1) is 17.5. The Balaban J connectivity index is 1.54. The number of ether oxygens (including phenoxy) is 1. The number of H-pyrrole nitrogens is 1. The van der Waals surface area contributed by atoms with Gasteiger partial charge in [-0.15, -0.1) is 5.10 Å². The highest BCUT2D eigenvalue weighted by Crippen LogP contribution is 2.31. The van der Waals surface area contributed by atoms with Gasteiger partial charge in [0.1, 0.15) is 23.8 Å². The molecular formula is C26H28N6O4. The van der Waals surface area contributed by atoms with Gasteiger partial charge in [-0.3, -0.25) is 9.69 Å². The lowest BCUT2D eigenvalue weighted by Crippen LogP contribution is -2.35. The lowest BCUT2D eigenvalue weighted by atomic mass is 10.00. The molecule has 4 aromatic heterocycles. The summed E-state index contributed by atoms with van der Waals surface area (Å²) in [5.41, 5.74) is 1.23. The summed E-state index contributed by atoms with van der Waals surface area (Å²) in [5.74, 6) is 3.08. The molecule has 186 valence electrons. The first-order valence-corrected chi connectivity index (χ1v) is 11.8. The van der Waals surface area contributed by atoms with Crippen LogP contribution in [0.4, 0.5) is 0 Å². The Kier molecular flexibility index (Phi) is 6.68. The number of nitrogens with zero attached hydrogens (tertiary/aromatic N) is 5. The van der Waals surface area contributed by atoms with Gasteiger partial charge in [-0.2, -0.15) is 0 Å². The van der Waals surface area contributed by atoms with Gasteiger partial charge in [0.2, 0.25) is 0 Å². The average molecular weight is 489 g/mol. The summed E-state index contributed by atoms with van der Waals surface area (Å²) < 4.78 is 18.3. The van der Waals surface area contributed by atoms with Gasteiger partial charge in [0.25, 0.3) is 5.56 Å². The zero-order chi connectivity index (χ0) is 25.1. The molecule has 0 aliphatic heterocycles. The minimum Gasteiger partial charge on any atom is -0.497 e. The van der Waals surface area contributed by atoms with E-state index in [0.717, 1.165) is 28.2 Å². The quantitative estimate of drug-likeness (QED) is 0.312. The van der Waals surface area contributed by atoms with Crippen LogP contribution in [0.3, 0.4) is 0 Å². The van der Waals surface area contributed by atoms with Crippen molar-refractivity contribution in [3.63, 3.8) is 0 Å². The van der Waals surface area contributed by atoms with Gasteiger partial charge in [-0.25, -0.2) is 4.68 Å². The summed E-state index contributed by atoms with van der Waals surface area (Å²) in [7, 11) is 1.62. The van der Waals surface area contributed by atoms with Gasteiger partial charge in [-0.05, 0) is 64.9 Å². The standard InChI is InChI=1S/C26H28N6O4/c1-17(2)24(25-28-29-30-32(25)16-22-7-5-11-36-22)31(15-21-6-4-10-35-21)14-19-12-18-13-20(34-3)8-9-23(18)27-26(19)33/h4-13,17,24H,14-16H2,1-3H3,(H,27,33). The topological polar surface area (TPSA) is 115 Å². The molecule has 0 aliphatic rings. The van der Waals surface area contributed by atoms with Crippen molar-refractivity contribution in [2.75, 3.05) is 7.11 Å². The number of hydrogen-bond donors (Lipinski definition) is 1. The molecule has 0 saturated carbocycles. The second-order valence-electron chi connectivity index (χ2n) is 9.02. The number of aromatic amines is 1. The normalized spacial score (nSPS) is 12.6. The summed E-state index contributed by atoms with van der Waals surface area (Å²) in [6, 6.07) is 14.8. The molecular weight excluding hydrogens is 460 g/mol. The van der Waals surface area contributed by atoms with Crippen LogP contribution < -0.4 is 10.3 Å². The van der Waals surface area contributed by atoms with E-state index in [-0.39, 0.29) is 17.5 Å². The van der Waals surface area contributed by atoms with Crippen LogP contribution in [-0.2, 0) is 19.6 Å². The fraction of sp³-hybridized carbons (Fsp3) is 0.308. The summed E-state index contributed by atoms with van der Waals surface area (Å²) in [6.07, 6.45) is 3.28. The molecule has 0 radical (unpaired) electrons. The monoisotopic (exact) mass is 488 g/mol. The molecule has 4 heterocycles. The first-order valence-electron chi connectivity index (χ1n) is 11.8. The highest BCUT2D eigenvalue weighted by Gasteiger charge is 2.31. The number of aromatic nitrogens is 5. The Morgan fingerprint density at radius 3 is 2.53 bits per heavy atom. The maximum atomic E-state index is 13.1. The Morgan fingerprint density at radius 1 is 1.06 bits per heavy atom. The van der Waals surface area contributed by atoms with Gasteiger partial charge in [0.15, 0.2) is 5.82 Å². The highest BCUT2D eigenvalue weighted by atomic mass is 16.5. The van der Waals surface area contributed by atoms with Gasteiger partial charge in [-0.1, -0.05) is 13.8 Å². The van der Waals surface area contributed by atoms with Crippen LogP contribution in [-0.4, -0.2) is 37.2 Å². The number of furan rings is 2. The van der Waals surface area contributed by atoms with Crippen LogP contribution in [0.25, 0.3) is 10.9 Å². The van der Waals surface area contributed by atoms with Crippen molar-refractivity contribution in [3.05, 3.63) is 94.3 Å². The molecule has 1 unspecified atom stereocenters. The average Bonchev–Trinajstić information content (AvgIpc) is 3.64. The van der Waals surface area contributed by atoms with Gasteiger partial charge < -0.3 is 18.6 Å². The van der Waals surface area contributed by atoms with E-state index in [1.54, 1.807) is 24.3 Å². The van der Waals surface area contributed by atoms with E-state index >= 15 is 0 Å². The maximum Gasteiger partial charge on any atom is 0.252 e. The largest absolute Gasteiger partial charge is 0.497 e. The summed E-state index contributed by atoms with van der Waals surface area (Å²) >= 11 is 0. The van der Waals surface area contributed by atoms with E-state index in [1.165, 1.54) is 0 Å². The van der Waals surface area contributed by atoms with Crippen molar-refractivity contribution in [1.29, 1.82) is 0 Å². The molecule has 0 spiro atoms. The maximum absolute atomic E-state index is 13.1. The molecule has 5 rings (SSSR count). The molecule has 1 atom stereocenters. The molecule has 5 aromatic rings. The van der Waals surface area contributed by atoms with Crippen LogP contribution in [0.2, 0.25) is 0 Å². The first kappa shape index (κ1) is 23.6. The van der Waals surface area contributed by atoms with E-state index in [9.17, 15) is 4.79 Å². The third-order valence-electron chi connectivity index (χ3n) is 6.18. The lowest BCUT2D eigenvalue weighted by molar-refractivity contribution is 0.116. The van der Waals surface area contributed by atoms with Crippen LogP contribution >= 0.6 is 0 Å². The number of methoxy groups -OCH3 is 1. The van der Waals surface area contributed by atoms with Crippen molar-refractivity contribution in [2.45, 2.75) is 39.5 Å². The molecule has 0 fully saturated rings. The summed E-state index contributed by atoms with van der Waals surface area (Å²) in [4.78, 5) is 18.3. The Hall–Kier alpha value is -4.18. The second kappa shape index (κ2) is 10.2.